The fourth-order valence-corrected chi connectivity index (χ4v) is 3.33. The minimum Gasteiger partial charge on any atom is -0.469 e. The molecule has 21 heavy (non-hydrogen) atoms. The van der Waals surface area contributed by atoms with Gasteiger partial charge in [-0.2, -0.15) is 0 Å². The van der Waals surface area contributed by atoms with Gasteiger partial charge in [0.1, 0.15) is 0 Å². The fraction of sp³-hybridized carbons (Fsp3) is 0.467. The molecule has 1 amide bonds. The molecule has 2 rings (SSSR count). The summed E-state index contributed by atoms with van der Waals surface area (Å²) in [5.74, 6) is -0.414. The third-order valence-corrected chi connectivity index (χ3v) is 4.49. The first-order valence-corrected chi connectivity index (χ1v) is 8.03. The standard InChI is InChI=1S/C15H17BrClNO3/c1-21-14(19)9-11-4-2-3-7-18(11)15(20)12-6-5-10(16)8-13(12)17/h5-6,8,11H,2-4,7,9H2,1H3. The van der Waals surface area contributed by atoms with E-state index in [2.05, 4.69) is 15.9 Å². The van der Waals surface area contributed by atoms with E-state index in [1.165, 1.54) is 7.11 Å². The van der Waals surface area contributed by atoms with Gasteiger partial charge in [0.15, 0.2) is 0 Å². The van der Waals surface area contributed by atoms with E-state index in [0.717, 1.165) is 23.7 Å². The van der Waals surface area contributed by atoms with Crippen molar-refractivity contribution in [2.45, 2.75) is 31.7 Å². The summed E-state index contributed by atoms with van der Waals surface area (Å²) in [7, 11) is 1.36. The first kappa shape index (κ1) is 16.3. The largest absolute Gasteiger partial charge is 0.469 e. The summed E-state index contributed by atoms with van der Waals surface area (Å²) >= 11 is 9.48. The van der Waals surface area contributed by atoms with Crippen LogP contribution in [0, 0.1) is 0 Å². The molecule has 0 N–H and O–H groups in total. The molecule has 0 aromatic heterocycles. The minimum atomic E-state index is -0.290. The third kappa shape index (κ3) is 3.98. The summed E-state index contributed by atoms with van der Waals surface area (Å²) in [6.45, 7) is 0.646. The number of benzene rings is 1. The molecule has 1 aromatic rings. The number of hydrogen-bond donors (Lipinski definition) is 0. The van der Waals surface area contributed by atoms with E-state index >= 15 is 0 Å². The lowest BCUT2D eigenvalue weighted by Gasteiger charge is -2.35. The van der Waals surface area contributed by atoms with Crippen LogP contribution >= 0.6 is 27.5 Å². The van der Waals surface area contributed by atoms with E-state index in [1.807, 2.05) is 0 Å². The lowest BCUT2D eigenvalue weighted by molar-refractivity contribution is -0.142. The number of amides is 1. The molecule has 0 aliphatic carbocycles. The Hall–Kier alpha value is -1.07. The second-order valence-electron chi connectivity index (χ2n) is 5.05. The zero-order chi connectivity index (χ0) is 15.4. The number of carbonyl (C=O) groups excluding carboxylic acids is 2. The smallest absolute Gasteiger partial charge is 0.307 e. The fourth-order valence-electron chi connectivity index (χ4n) is 2.57. The third-order valence-electron chi connectivity index (χ3n) is 3.68. The first-order chi connectivity index (χ1) is 10.0. The number of ether oxygens (including phenoxy) is 1. The molecule has 0 bridgehead atoms. The number of esters is 1. The van der Waals surface area contributed by atoms with Crippen LogP contribution in [0.15, 0.2) is 22.7 Å². The molecule has 0 spiro atoms. The van der Waals surface area contributed by atoms with Crippen LogP contribution in [0.5, 0.6) is 0 Å². The van der Waals surface area contributed by atoms with Crippen molar-refractivity contribution in [2.24, 2.45) is 0 Å². The Morgan fingerprint density at radius 2 is 2.19 bits per heavy atom. The van der Waals surface area contributed by atoms with E-state index in [4.69, 9.17) is 16.3 Å². The van der Waals surface area contributed by atoms with Gasteiger partial charge in [0.25, 0.3) is 5.91 Å². The summed E-state index contributed by atoms with van der Waals surface area (Å²) < 4.78 is 5.54. The summed E-state index contributed by atoms with van der Waals surface area (Å²) in [4.78, 5) is 25.9. The van der Waals surface area contributed by atoms with Crippen molar-refractivity contribution in [2.75, 3.05) is 13.7 Å². The molecule has 1 unspecified atom stereocenters. The van der Waals surface area contributed by atoms with E-state index < -0.39 is 0 Å². The molecule has 1 aliphatic heterocycles. The molecule has 1 aliphatic rings. The zero-order valence-corrected chi connectivity index (χ0v) is 14.1. The van der Waals surface area contributed by atoms with Crippen LogP contribution in [0.25, 0.3) is 0 Å². The van der Waals surface area contributed by atoms with Gasteiger partial charge < -0.3 is 9.64 Å². The van der Waals surface area contributed by atoms with E-state index in [9.17, 15) is 9.59 Å². The van der Waals surface area contributed by atoms with Crippen LogP contribution in [0.3, 0.4) is 0 Å². The van der Waals surface area contributed by atoms with Gasteiger partial charge in [-0.1, -0.05) is 27.5 Å². The lowest BCUT2D eigenvalue weighted by Crippen LogP contribution is -2.45. The summed E-state index contributed by atoms with van der Waals surface area (Å²) in [6.07, 6.45) is 3.00. The van der Waals surface area contributed by atoms with Crippen molar-refractivity contribution >= 4 is 39.4 Å². The van der Waals surface area contributed by atoms with Gasteiger partial charge in [-0.25, -0.2) is 0 Å². The average molecular weight is 375 g/mol. The molecule has 6 heteroatoms. The Bertz CT molecular complexity index is 550. The Morgan fingerprint density at radius 3 is 2.86 bits per heavy atom. The maximum Gasteiger partial charge on any atom is 0.307 e. The van der Waals surface area contributed by atoms with Gasteiger partial charge in [0.05, 0.1) is 24.1 Å². The normalized spacial score (nSPS) is 18.4. The highest BCUT2D eigenvalue weighted by molar-refractivity contribution is 9.10. The lowest BCUT2D eigenvalue weighted by atomic mass is 9.98. The van der Waals surface area contributed by atoms with Crippen LogP contribution in [-0.2, 0) is 9.53 Å². The number of nitrogens with zero attached hydrogens (tertiary/aromatic N) is 1. The Balaban J connectivity index is 2.20. The number of methoxy groups -OCH3 is 1. The highest BCUT2D eigenvalue weighted by atomic mass is 79.9. The molecule has 0 radical (unpaired) electrons. The number of carbonyl (C=O) groups is 2. The summed E-state index contributed by atoms with van der Waals surface area (Å²) in [6, 6.07) is 5.09. The molecule has 114 valence electrons. The van der Waals surface area contributed by atoms with Gasteiger partial charge in [-0.15, -0.1) is 0 Å². The molecule has 1 atom stereocenters. The number of rotatable bonds is 3. The molecule has 4 nitrogen and oxygen atoms in total. The van der Waals surface area contributed by atoms with Crippen LogP contribution < -0.4 is 0 Å². The number of piperidine rings is 1. The van der Waals surface area contributed by atoms with Gasteiger partial charge >= 0.3 is 5.97 Å². The van der Waals surface area contributed by atoms with Crippen molar-refractivity contribution in [1.82, 2.24) is 4.90 Å². The Morgan fingerprint density at radius 1 is 1.43 bits per heavy atom. The van der Waals surface area contributed by atoms with Crippen LogP contribution in [0.2, 0.25) is 5.02 Å². The van der Waals surface area contributed by atoms with Gasteiger partial charge in [0, 0.05) is 17.1 Å². The first-order valence-electron chi connectivity index (χ1n) is 6.85. The Labute approximate surface area is 137 Å². The topological polar surface area (TPSA) is 46.6 Å². The van der Waals surface area contributed by atoms with Crippen molar-refractivity contribution < 1.29 is 14.3 Å². The average Bonchev–Trinajstić information content (AvgIpc) is 2.47. The number of halogens is 2. The van der Waals surface area contributed by atoms with Crippen LogP contribution in [0.1, 0.15) is 36.0 Å². The summed E-state index contributed by atoms with van der Waals surface area (Å²) in [5.41, 5.74) is 0.469. The van der Waals surface area contributed by atoms with Crippen LogP contribution in [0.4, 0.5) is 0 Å². The number of hydrogen-bond acceptors (Lipinski definition) is 3. The molecule has 1 heterocycles. The monoisotopic (exact) mass is 373 g/mol. The predicted octanol–water partition coefficient (Wildman–Crippen LogP) is 3.66. The quantitative estimate of drug-likeness (QED) is 0.759. The van der Waals surface area contributed by atoms with Crippen molar-refractivity contribution in [3.8, 4) is 0 Å². The van der Waals surface area contributed by atoms with E-state index in [0.29, 0.717) is 17.1 Å². The van der Waals surface area contributed by atoms with Crippen LogP contribution in [-0.4, -0.2) is 36.5 Å². The predicted molar refractivity (Wildman–Crippen MR) is 84.5 cm³/mol. The second-order valence-corrected chi connectivity index (χ2v) is 6.38. The zero-order valence-electron chi connectivity index (χ0n) is 11.8. The highest BCUT2D eigenvalue weighted by Gasteiger charge is 2.30. The molecule has 1 saturated heterocycles. The van der Waals surface area contributed by atoms with Crippen molar-refractivity contribution in [3.63, 3.8) is 0 Å². The number of likely N-dealkylation sites (tertiary alicyclic amines) is 1. The molecule has 0 saturated carbocycles. The molecule has 1 aromatic carbocycles. The molecular formula is C15H17BrClNO3. The Kier molecular flexibility index (Phi) is 5.65. The maximum absolute atomic E-state index is 12.7. The highest BCUT2D eigenvalue weighted by Crippen LogP contribution is 2.27. The minimum absolute atomic E-state index is 0.113. The summed E-state index contributed by atoms with van der Waals surface area (Å²) in [5, 5.41) is 0.414. The van der Waals surface area contributed by atoms with E-state index in [1.54, 1.807) is 23.1 Å². The van der Waals surface area contributed by atoms with Gasteiger partial charge in [-0.05, 0) is 37.5 Å². The van der Waals surface area contributed by atoms with Gasteiger partial charge in [0.2, 0.25) is 0 Å². The molecule has 1 fully saturated rings. The van der Waals surface area contributed by atoms with Gasteiger partial charge in [-0.3, -0.25) is 9.59 Å². The van der Waals surface area contributed by atoms with Crippen molar-refractivity contribution in [1.29, 1.82) is 0 Å². The van der Waals surface area contributed by atoms with Crippen molar-refractivity contribution in [3.05, 3.63) is 33.3 Å². The maximum atomic E-state index is 12.7. The van der Waals surface area contributed by atoms with E-state index in [-0.39, 0.29) is 24.3 Å². The SMILES string of the molecule is COC(=O)CC1CCCCN1C(=O)c1ccc(Br)cc1Cl. The second kappa shape index (κ2) is 7.27. The molecular weight excluding hydrogens is 358 g/mol.